The van der Waals surface area contributed by atoms with Gasteiger partial charge in [0.2, 0.25) is 11.8 Å². The van der Waals surface area contributed by atoms with Crippen molar-refractivity contribution in [2.24, 2.45) is 17.8 Å². The highest BCUT2D eigenvalue weighted by Crippen LogP contribution is 2.21. The summed E-state index contributed by atoms with van der Waals surface area (Å²) in [6.07, 6.45) is 4.86. The molecule has 0 spiro atoms. The zero-order valence-electron chi connectivity index (χ0n) is 26.9. The third-order valence-corrected chi connectivity index (χ3v) is 8.96. The molecule has 4 rings (SSSR count). The van der Waals surface area contributed by atoms with E-state index in [1.54, 1.807) is 18.2 Å². The number of cyclic esters (lactones) is 1. The number of hydrogen-bond acceptors (Lipinski definition) is 7. The standard InChI is InChI=1S/C35H48N4O6/c1-22(2)31-33(42)36-30(20-26-13-8-15-28(40)19-26)34(43)39-17-9-16-29(38-39)35(44)45-21-27-14-7-12-25(18-27)11-6-5-10-23(3)24(4)32(41)37-31/h7-8,12-15,18-19,22-24,29-31,38,40H,5-6,9-11,16-17,20-21H2,1-4H3,(H,36,42)(H,37,41)/t23-,24-,29+,30+,31+/m1/s1. The average molecular weight is 621 g/mol. The van der Waals surface area contributed by atoms with Crippen LogP contribution in [-0.2, 0) is 43.4 Å². The summed E-state index contributed by atoms with van der Waals surface area (Å²) in [6, 6.07) is 12.0. The highest BCUT2D eigenvalue weighted by molar-refractivity contribution is 5.93. The fourth-order valence-electron chi connectivity index (χ4n) is 5.94. The number of phenols is 1. The van der Waals surface area contributed by atoms with E-state index in [1.165, 1.54) is 16.6 Å². The summed E-state index contributed by atoms with van der Waals surface area (Å²) < 4.78 is 5.67. The van der Waals surface area contributed by atoms with Crippen LogP contribution in [0.4, 0.5) is 0 Å². The second-order valence-electron chi connectivity index (χ2n) is 12.9. The molecule has 45 heavy (non-hydrogen) atoms. The molecule has 0 saturated carbocycles. The minimum Gasteiger partial charge on any atom is -0.508 e. The van der Waals surface area contributed by atoms with Crippen LogP contribution >= 0.6 is 0 Å². The fraction of sp³-hybridized carbons (Fsp3) is 0.543. The van der Waals surface area contributed by atoms with Gasteiger partial charge in [-0.15, -0.1) is 0 Å². The number of hydrazine groups is 1. The first-order chi connectivity index (χ1) is 21.5. The zero-order chi connectivity index (χ0) is 32.5. The van der Waals surface area contributed by atoms with Crippen molar-refractivity contribution in [2.45, 2.75) is 97.4 Å². The number of carbonyl (C=O) groups is 4. The van der Waals surface area contributed by atoms with Crippen molar-refractivity contribution in [2.75, 3.05) is 6.54 Å². The number of aryl methyl sites for hydroxylation is 1. The van der Waals surface area contributed by atoms with Crippen molar-refractivity contribution in [3.8, 4) is 5.75 Å². The predicted molar refractivity (Wildman–Crippen MR) is 171 cm³/mol. The molecule has 2 aliphatic heterocycles. The summed E-state index contributed by atoms with van der Waals surface area (Å²) in [4.78, 5) is 54.1. The first-order valence-electron chi connectivity index (χ1n) is 16.2. The maximum absolute atomic E-state index is 13.9. The van der Waals surface area contributed by atoms with Crippen LogP contribution in [0.25, 0.3) is 0 Å². The number of phenolic OH excluding ortho intramolecular Hbond substituents is 1. The van der Waals surface area contributed by atoms with Crippen molar-refractivity contribution in [3.05, 3.63) is 65.2 Å². The van der Waals surface area contributed by atoms with E-state index in [4.69, 9.17) is 4.74 Å². The molecule has 2 aliphatic rings. The van der Waals surface area contributed by atoms with Gasteiger partial charge in [0.05, 0.1) is 0 Å². The predicted octanol–water partition coefficient (Wildman–Crippen LogP) is 3.80. The second-order valence-corrected chi connectivity index (χ2v) is 12.9. The minimum atomic E-state index is -1.02. The summed E-state index contributed by atoms with van der Waals surface area (Å²) in [5.74, 6) is -1.90. The number of nitrogens with zero attached hydrogens (tertiary/aromatic N) is 1. The quantitative estimate of drug-likeness (QED) is 0.383. The molecule has 4 N–H and O–H groups in total. The van der Waals surface area contributed by atoms with E-state index in [0.29, 0.717) is 24.9 Å². The number of hydrogen-bond donors (Lipinski definition) is 4. The fourth-order valence-corrected chi connectivity index (χ4v) is 5.94. The van der Waals surface area contributed by atoms with Crippen molar-refractivity contribution >= 4 is 23.7 Å². The maximum Gasteiger partial charge on any atom is 0.325 e. The van der Waals surface area contributed by atoms with Crippen LogP contribution in [0.15, 0.2) is 48.5 Å². The SMILES string of the molecule is CC(C)[C@@H]1NC(=O)[C@H](C)[C@H](C)CCCCc2cccc(c2)COC(=O)[C@@H]2CCCN(N2)C(=O)[C@H](Cc2cccc(O)c2)NC1=O. The van der Waals surface area contributed by atoms with Crippen LogP contribution in [0.2, 0.25) is 0 Å². The highest BCUT2D eigenvalue weighted by Gasteiger charge is 2.35. The van der Waals surface area contributed by atoms with Gasteiger partial charge in [0.15, 0.2) is 0 Å². The van der Waals surface area contributed by atoms with Crippen LogP contribution in [0.1, 0.15) is 76.5 Å². The van der Waals surface area contributed by atoms with Gasteiger partial charge in [0, 0.05) is 18.9 Å². The van der Waals surface area contributed by atoms with Gasteiger partial charge in [0.1, 0.15) is 30.5 Å². The number of amides is 3. The number of benzene rings is 2. The van der Waals surface area contributed by atoms with Crippen LogP contribution in [0, 0.1) is 17.8 Å². The van der Waals surface area contributed by atoms with Gasteiger partial charge in [-0.05, 0) is 72.8 Å². The first kappa shape index (κ1) is 34.0. The van der Waals surface area contributed by atoms with Gasteiger partial charge < -0.3 is 20.5 Å². The Kier molecular flexibility index (Phi) is 12.0. The van der Waals surface area contributed by atoms with Gasteiger partial charge in [-0.2, -0.15) is 0 Å². The second kappa shape index (κ2) is 15.9. The van der Waals surface area contributed by atoms with E-state index >= 15 is 0 Å². The number of fused-ring (bicyclic) bond motifs is 4. The Labute approximate surface area is 266 Å². The topological polar surface area (TPSA) is 137 Å². The van der Waals surface area contributed by atoms with E-state index in [9.17, 15) is 24.3 Å². The molecule has 5 atom stereocenters. The van der Waals surface area contributed by atoms with Crippen molar-refractivity contribution in [1.82, 2.24) is 21.1 Å². The molecule has 2 heterocycles. The number of aromatic hydroxyl groups is 1. The molecule has 0 unspecified atom stereocenters. The molecule has 0 aromatic heterocycles. The normalized spacial score (nSPS) is 26.2. The highest BCUT2D eigenvalue weighted by atomic mass is 16.5. The number of rotatable bonds is 3. The molecule has 0 radical (unpaired) electrons. The molecule has 3 amide bonds. The lowest BCUT2D eigenvalue weighted by Crippen LogP contribution is -2.62. The molecule has 0 aliphatic carbocycles. The number of ether oxygens (including phenoxy) is 1. The Morgan fingerprint density at radius 3 is 2.42 bits per heavy atom. The van der Waals surface area contributed by atoms with Crippen molar-refractivity contribution in [1.29, 1.82) is 0 Å². The van der Waals surface area contributed by atoms with Crippen LogP contribution in [0.3, 0.4) is 0 Å². The number of carbonyl (C=O) groups excluding carboxylic acids is 4. The molecule has 2 aromatic carbocycles. The Bertz CT molecular complexity index is 1350. The van der Waals surface area contributed by atoms with Crippen LogP contribution in [0.5, 0.6) is 5.75 Å². The largest absolute Gasteiger partial charge is 0.508 e. The van der Waals surface area contributed by atoms with Gasteiger partial charge in [-0.25, -0.2) is 5.43 Å². The third kappa shape index (κ3) is 9.53. The van der Waals surface area contributed by atoms with Gasteiger partial charge >= 0.3 is 5.97 Å². The molecule has 1 saturated heterocycles. The van der Waals surface area contributed by atoms with Crippen LogP contribution in [-0.4, -0.2) is 58.5 Å². The molecule has 1 fully saturated rings. The van der Waals surface area contributed by atoms with E-state index in [1.807, 2.05) is 32.9 Å². The third-order valence-electron chi connectivity index (χ3n) is 8.96. The van der Waals surface area contributed by atoms with Gasteiger partial charge in [-0.3, -0.25) is 24.2 Å². The molecular weight excluding hydrogens is 572 g/mol. The molecule has 4 bridgehead atoms. The Hall–Kier alpha value is -3.92. The Morgan fingerprint density at radius 1 is 0.911 bits per heavy atom. The molecule has 10 heteroatoms. The summed E-state index contributed by atoms with van der Waals surface area (Å²) in [5, 5.41) is 17.3. The van der Waals surface area contributed by atoms with E-state index in [2.05, 4.69) is 35.1 Å². The summed E-state index contributed by atoms with van der Waals surface area (Å²) in [5.41, 5.74) is 5.75. The van der Waals surface area contributed by atoms with Gasteiger partial charge in [0.25, 0.3) is 5.91 Å². The minimum absolute atomic E-state index is 0.0459. The molecule has 10 nitrogen and oxygen atoms in total. The number of esters is 1. The van der Waals surface area contributed by atoms with Crippen LogP contribution < -0.4 is 16.1 Å². The van der Waals surface area contributed by atoms with Crippen molar-refractivity contribution < 1.29 is 29.0 Å². The van der Waals surface area contributed by atoms with E-state index in [-0.39, 0.29) is 42.4 Å². The Morgan fingerprint density at radius 2 is 1.67 bits per heavy atom. The molecular formula is C35H48N4O6. The lowest BCUT2D eigenvalue weighted by molar-refractivity contribution is -0.154. The van der Waals surface area contributed by atoms with Gasteiger partial charge in [-0.1, -0.05) is 70.5 Å². The summed E-state index contributed by atoms with van der Waals surface area (Å²) >= 11 is 0. The zero-order valence-corrected chi connectivity index (χ0v) is 26.9. The lowest BCUT2D eigenvalue weighted by atomic mass is 9.89. The summed E-state index contributed by atoms with van der Waals surface area (Å²) in [7, 11) is 0. The summed E-state index contributed by atoms with van der Waals surface area (Å²) in [6.45, 7) is 8.14. The maximum atomic E-state index is 13.9. The first-order valence-corrected chi connectivity index (χ1v) is 16.2. The molecule has 244 valence electrons. The average Bonchev–Trinajstić information content (AvgIpc) is 3.02. The smallest absolute Gasteiger partial charge is 0.325 e. The monoisotopic (exact) mass is 620 g/mol. The van der Waals surface area contributed by atoms with E-state index < -0.39 is 35.9 Å². The van der Waals surface area contributed by atoms with E-state index in [0.717, 1.165) is 31.2 Å². The Balaban J connectivity index is 1.61. The molecule has 2 aromatic rings. The number of nitrogens with one attached hydrogen (secondary N) is 3. The van der Waals surface area contributed by atoms with Crippen molar-refractivity contribution in [3.63, 3.8) is 0 Å². The lowest BCUT2D eigenvalue weighted by Gasteiger charge is -2.35.